The molecule has 0 atom stereocenters. The maximum Gasteiger partial charge on any atom is 0.335 e. The molecule has 9 heteroatoms. The standard InChI is InChI=1S/C25H25Br2ClN2O4/c1-2-3-4-5-6-7-11-34-22-20(26)13-16(14-21(22)27)12-19-23(31)29-25(33)30(24(19)32)18-10-8-9-17(28)15-18/h8-10,12-15H,2-7,11H2,1H3,(H,29,31,33)/b19-12+. The molecule has 1 aliphatic rings. The number of unbranched alkanes of at least 4 members (excludes halogenated alkanes) is 5. The van der Waals surface area contributed by atoms with Crippen molar-refractivity contribution < 1.29 is 19.1 Å². The lowest BCUT2D eigenvalue weighted by Crippen LogP contribution is -2.54. The summed E-state index contributed by atoms with van der Waals surface area (Å²) in [7, 11) is 0. The molecular weight excluding hydrogens is 588 g/mol. The zero-order valence-electron chi connectivity index (χ0n) is 18.7. The number of nitrogens with one attached hydrogen (secondary N) is 1. The summed E-state index contributed by atoms with van der Waals surface area (Å²) in [6.07, 6.45) is 8.47. The number of amides is 4. The van der Waals surface area contributed by atoms with E-state index in [2.05, 4.69) is 44.1 Å². The van der Waals surface area contributed by atoms with E-state index in [9.17, 15) is 14.4 Å². The topological polar surface area (TPSA) is 75.7 Å². The third-order valence-electron chi connectivity index (χ3n) is 5.24. The molecule has 0 spiro atoms. The highest BCUT2D eigenvalue weighted by Crippen LogP contribution is 2.36. The van der Waals surface area contributed by atoms with Crippen LogP contribution in [-0.2, 0) is 9.59 Å². The summed E-state index contributed by atoms with van der Waals surface area (Å²) in [5.74, 6) is -0.832. The van der Waals surface area contributed by atoms with Crippen molar-refractivity contribution in [2.24, 2.45) is 0 Å². The molecule has 0 bridgehead atoms. The van der Waals surface area contributed by atoms with Gasteiger partial charge >= 0.3 is 6.03 Å². The van der Waals surface area contributed by atoms with Crippen LogP contribution in [0.2, 0.25) is 5.02 Å². The number of imide groups is 2. The SMILES string of the molecule is CCCCCCCCOc1c(Br)cc(/C=C2\C(=O)NC(=O)N(c3cccc(Cl)c3)C2=O)cc1Br. The van der Waals surface area contributed by atoms with E-state index in [4.69, 9.17) is 16.3 Å². The molecule has 4 amide bonds. The van der Waals surface area contributed by atoms with Gasteiger partial charge in [-0.3, -0.25) is 14.9 Å². The first-order valence-corrected chi connectivity index (χ1v) is 13.1. The summed E-state index contributed by atoms with van der Waals surface area (Å²) in [6, 6.07) is 9.00. The minimum atomic E-state index is -0.824. The van der Waals surface area contributed by atoms with E-state index >= 15 is 0 Å². The predicted molar refractivity (Wildman–Crippen MR) is 141 cm³/mol. The fourth-order valence-corrected chi connectivity index (χ4v) is 5.17. The Bertz CT molecular complexity index is 1100. The Hall–Kier alpha value is -2.16. The van der Waals surface area contributed by atoms with E-state index in [-0.39, 0.29) is 11.3 Å². The van der Waals surface area contributed by atoms with Gasteiger partial charge in [0.2, 0.25) is 0 Å². The number of carbonyl (C=O) groups excluding carboxylic acids is 3. The van der Waals surface area contributed by atoms with Crippen LogP contribution in [-0.4, -0.2) is 24.5 Å². The number of nitrogens with zero attached hydrogens (tertiary/aromatic N) is 1. The zero-order valence-corrected chi connectivity index (χ0v) is 22.6. The summed E-state index contributed by atoms with van der Waals surface area (Å²) >= 11 is 13.0. The Labute approximate surface area is 220 Å². The van der Waals surface area contributed by atoms with Gasteiger partial charge in [0, 0.05) is 5.02 Å². The van der Waals surface area contributed by atoms with Crippen molar-refractivity contribution in [2.75, 3.05) is 11.5 Å². The predicted octanol–water partition coefficient (Wildman–Crippen LogP) is 7.27. The second-order valence-electron chi connectivity index (χ2n) is 7.87. The van der Waals surface area contributed by atoms with Crippen molar-refractivity contribution in [3.8, 4) is 5.75 Å². The van der Waals surface area contributed by atoms with Crippen LogP contribution in [0.3, 0.4) is 0 Å². The molecule has 0 aromatic heterocycles. The van der Waals surface area contributed by atoms with Gasteiger partial charge in [-0.25, -0.2) is 9.69 Å². The van der Waals surface area contributed by atoms with Gasteiger partial charge in [-0.15, -0.1) is 0 Å². The molecule has 2 aromatic carbocycles. The Morgan fingerprint density at radius 3 is 2.35 bits per heavy atom. The average molecular weight is 613 g/mol. The minimum Gasteiger partial charge on any atom is -0.491 e. The first kappa shape index (κ1) is 26.4. The Kier molecular flexibility index (Phi) is 9.74. The van der Waals surface area contributed by atoms with Gasteiger partial charge in [-0.2, -0.15) is 0 Å². The number of hydrogen-bond donors (Lipinski definition) is 1. The first-order valence-electron chi connectivity index (χ1n) is 11.1. The van der Waals surface area contributed by atoms with Crippen LogP contribution in [0.1, 0.15) is 51.0 Å². The van der Waals surface area contributed by atoms with Gasteiger partial charge in [-0.1, -0.05) is 56.7 Å². The average Bonchev–Trinajstić information content (AvgIpc) is 2.77. The maximum atomic E-state index is 13.1. The van der Waals surface area contributed by atoms with E-state index in [0.29, 0.717) is 31.9 Å². The molecule has 2 aromatic rings. The van der Waals surface area contributed by atoms with Crippen LogP contribution in [0.5, 0.6) is 5.75 Å². The summed E-state index contributed by atoms with van der Waals surface area (Å²) in [4.78, 5) is 38.7. The smallest absolute Gasteiger partial charge is 0.335 e. The van der Waals surface area contributed by atoms with Gasteiger partial charge in [0.1, 0.15) is 11.3 Å². The van der Waals surface area contributed by atoms with E-state index in [1.54, 1.807) is 30.3 Å². The van der Waals surface area contributed by atoms with Gasteiger partial charge in [-0.05, 0) is 80.3 Å². The summed E-state index contributed by atoms with van der Waals surface area (Å²) in [6.45, 7) is 2.80. The van der Waals surface area contributed by atoms with Crippen molar-refractivity contribution in [1.29, 1.82) is 0 Å². The Balaban J connectivity index is 1.75. The monoisotopic (exact) mass is 610 g/mol. The number of barbiturate groups is 1. The minimum absolute atomic E-state index is 0.167. The van der Waals surface area contributed by atoms with Crippen molar-refractivity contribution in [1.82, 2.24) is 5.32 Å². The molecule has 0 saturated carbocycles. The number of urea groups is 1. The normalized spacial score (nSPS) is 15.1. The van der Waals surface area contributed by atoms with E-state index in [1.165, 1.54) is 37.8 Å². The third kappa shape index (κ3) is 6.71. The lowest BCUT2D eigenvalue weighted by Gasteiger charge is -2.26. The van der Waals surface area contributed by atoms with Gasteiger partial charge < -0.3 is 4.74 Å². The molecule has 0 radical (unpaired) electrons. The molecule has 3 rings (SSSR count). The van der Waals surface area contributed by atoms with Crippen LogP contribution >= 0.6 is 43.5 Å². The molecule has 1 heterocycles. The number of hydrogen-bond acceptors (Lipinski definition) is 4. The summed E-state index contributed by atoms with van der Waals surface area (Å²) in [5, 5.41) is 2.57. The number of ether oxygens (including phenoxy) is 1. The second-order valence-corrected chi connectivity index (χ2v) is 10.0. The number of anilines is 1. The van der Waals surface area contributed by atoms with Crippen LogP contribution in [0.4, 0.5) is 10.5 Å². The molecule has 0 unspecified atom stereocenters. The molecule has 34 heavy (non-hydrogen) atoms. The van der Waals surface area contributed by atoms with Crippen molar-refractivity contribution >= 4 is 73.1 Å². The van der Waals surface area contributed by atoms with Crippen LogP contribution < -0.4 is 15.0 Å². The number of halogens is 3. The molecule has 0 aliphatic carbocycles. The largest absolute Gasteiger partial charge is 0.491 e. The van der Waals surface area contributed by atoms with Crippen LogP contribution in [0.15, 0.2) is 50.9 Å². The number of rotatable bonds is 10. The summed E-state index contributed by atoms with van der Waals surface area (Å²) < 4.78 is 7.31. The molecule has 1 N–H and O–H groups in total. The van der Waals surface area contributed by atoms with E-state index < -0.39 is 17.8 Å². The van der Waals surface area contributed by atoms with Gasteiger partial charge in [0.25, 0.3) is 11.8 Å². The Morgan fingerprint density at radius 2 is 1.68 bits per heavy atom. The van der Waals surface area contributed by atoms with Crippen molar-refractivity contribution in [3.63, 3.8) is 0 Å². The van der Waals surface area contributed by atoms with E-state index in [0.717, 1.165) is 17.7 Å². The van der Waals surface area contributed by atoms with Gasteiger partial charge in [0.05, 0.1) is 21.2 Å². The first-order chi connectivity index (χ1) is 16.3. The van der Waals surface area contributed by atoms with Crippen molar-refractivity contribution in [2.45, 2.75) is 45.4 Å². The molecule has 180 valence electrons. The van der Waals surface area contributed by atoms with E-state index in [1.807, 2.05) is 0 Å². The lowest BCUT2D eigenvalue weighted by molar-refractivity contribution is -0.122. The molecular formula is C25H25Br2ClN2O4. The fourth-order valence-electron chi connectivity index (χ4n) is 3.53. The quantitative estimate of drug-likeness (QED) is 0.174. The highest BCUT2D eigenvalue weighted by atomic mass is 79.9. The Morgan fingerprint density at radius 1 is 1.00 bits per heavy atom. The molecule has 1 saturated heterocycles. The number of benzene rings is 2. The van der Waals surface area contributed by atoms with Gasteiger partial charge in [0.15, 0.2) is 0 Å². The highest BCUT2D eigenvalue weighted by molar-refractivity contribution is 9.11. The lowest BCUT2D eigenvalue weighted by atomic mass is 10.1. The molecule has 1 aliphatic heterocycles. The zero-order chi connectivity index (χ0) is 24.7. The highest BCUT2D eigenvalue weighted by Gasteiger charge is 2.36. The molecule has 1 fully saturated rings. The number of carbonyl (C=O) groups is 3. The summed E-state index contributed by atoms with van der Waals surface area (Å²) in [5.41, 5.74) is 0.692. The van der Waals surface area contributed by atoms with Crippen LogP contribution in [0, 0.1) is 0 Å². The van der Waals surface area contributed by atoms with Crippen LogP contribution in [0.25, 0.3) is 6.08 Å². The third-order valence-corrected chi connectivity index (χ3v) is 6.66. The fraction of sp³-hybridized carbons (Fsp3) is 0.320. The van der Waals surface area contributed by atoms with Crippen molar-refractivity contribution in [3.05, 3.63) is 61.5 Å². The maximum absolute atomic E-state index is 13.1. The molecule has 6 nitrogen and oxygen atoms in total. The second kappa shape index (κ2) is 12.5.